The maximum Gasteiger partial charge on any atom is 0.337 e. The molecule has 1 atom stereocenters. The van der Waals surface area contributed by atoms with Gasteiger partial charge in [-0.1, -0.05) is 59.6 Å². The number of benzene rings is 2. The lowest BCUT2D eigenvalue weighted by Crippen LogP contribution is -2.10. The van der Waals surface area contributed by atoms with E-state index in [-0.39, 0.29) is 10.6 Å². The lowest BCUT2D eigenvalue weighted by Gasteiger charge is -2.06. The fraction of sp³-hybridized carbons (Fsp3) is 0.118. The molecule has 0 aromatic heterocycles. The SMILES string of the molecule is N#CC(C#N)c1ccccc1Cl.O=C(O)[C@H](O)c1ccccc1Cl. The minimum Gasteiger partial charge on any atom is -0.479 e. The second-order valence-corrected chi connectivity index (χ2v) is 5.29. The molecule has 2 rings (SSSR count). The minimum atomic E-state index is -1.54. The number of nitrogens with zero attached hydrogens (tertiary/aromatic N) is 2. The lowest BCUT2D eigenvalue weighted by atomic mass is 10.0. The summed E-state index contributed by atoms with van der Waals surface area (Å²) < 4.78 is 0. The molecule has 0 spiro atoms. The summed E-state index contributed by atoms with van der Waals surface area (Å²) in [5.74, 6) is -2.07. The van der Waals surface area contributed by atoms with E-state index in [1.54, 1.807) is 36.4 Å². The molecular weight excluding hydrogens is 351 g/mol. The molecule has 122 valence electrons. The molecule has 0 aliphatic carbocycles. The van der Waals surface area contributed by atoms with Crippen LogP contribution in [-0.2, 0) is 4.79 Å². The van der Waals surface area contributed by atoms with Crippen molar-refractivity contribution in [3.8, 4) is 12.1 Å². The molecule has 0 aliphatic heterocycles. The Morgan fingerprint density at radius 2 is 1.33 bits per heavy atom. The molecule has 0 amide bonds. The maximum absolute atomic E-state index is 10.3. The van der Waals surface area contributed by atoms with Crippen molar-refractivity contribution >= 4 is 29.2 Å². The van der Waals surface area contributed by atoms with Crippen molar-refractivity contribution < 1.29 is 15.0 Å². The van der Waals surface area contributed by atoms with Gasteiger partial charge in [0.05, 0.1) is 12.1 Å². The Hall–Kier alpha value is -2.57. The van der Waals surface area contributed by atoms with Crippen molar-refractivity contribution in [3.63, 3.8) is 0 Å². The van der Waals surface area contributed by atoms with Gasteiger partial charge in [0.1, 0.15) is 0 Å². The minimum absolute atomic E-state index is 0.215. The molecule has 2 aromatic carbocycles. The number of nitriles is 2. The highest BCUT2D eigenvalue weighted by atomic mass is 35.5. The van der Waals surface area contributed by atoms with Gasteiger partial charge in [-0.05, 0) is 12.1 Å². The van der Waals surface area contributed by atoms with Crippen molar-refractivity contribution in [3.05, 3.63) is 69.7 Å². The summed E-state index contributed by atoms with van der Waals surface area (Å²) in [6.45, 7) is 0. The molecular formula is C17H12Cl2N2O3. The van der Waals surface area contributed by atoms with Crippen LogP contribution in [0, 0.1) is 22.7 Å². The summed E-state index contributed by atoms with van der Waals surface area (Å²) in [6, 6.07) is 16.9. The average molecular weight is 363 g/mol. The van der Waals surface area contributed by atoms with Crippen LogP contribution in [0.15, 0.2) is 48.5 Å². The zero-order valence-electron chi connectivity index (χ0n) is 12.2. The molecule has 0 saturated heterocycles. The lowest BCUT2D eigenvalue weighted by molar-refractivity contribution is -0.146. The summed E-state index contributed by atoms with van der Waals surface area (Å²) in [7, 11) is 0. The van der Waals surface area contributed by atoms with E-state index in [4.69, 9.17) is 43.9 Å². The number of aliphatic carboxylic acids is 1. The number of halogens is 2. The first kappa shape index (κ1) is 19.5. The van der Waals surface area contributed by atoms with Gasteiger partial charge in [-0.2, -0.15) is 10.5 Å². The van der Waals surface area contributed by atoms with E-state index in [0.29, 0.717) is 10.6 Å². The largest absolute Gasteiger partial charge is 0.479 e. The number of hydrogen-bond donors (Lipinski definition) is 2. The van der Waals surface area contributed by atoms with Crippen molar-refractivity contribution in [2.24, 2.45) is 0 Å². The number of aliphatic hydroxyl groups excluding tert-OH is 1. The quantitative estimate of drug-likeness (QED) is 0.860. The fourth-order valence-electron chi connectivity index (χ4n) is 1.71. The van der Waals surface area contributed by atoms with Gasteiger partial charge in [0.15, 0.2) is 12.0 Å². The van der Waals surface area contributed by atoms with Gasteiger partial charge >= 0.3 is 5.97 Å². The first-order chi connectivity index (χ1) is 11.4. The highest BCUT2D eigenvalue weighted by Gasteiger charge is 2.17. The number of carbonyl (C=O) groups is 1. The van der Waals surface area contributed by atoms with E-state index >= 15 is 0 Å². The molecule has 2 N–H and O–H groups in total. The van der Waals surface area contributed by atoms with Gasteiger partial charge in [0, 0.05) is 21.2 Å². The Morgan fingerprint density at radius 3 is 1.71 bits per heavy atom. The smallest absolute Gasteiger partial charge is 0.337 e. The first-order valence-corrected chi connectivity index (χ1v) is 7.37. The topological polar surface area (TPSA) is 105 Å². The number of carboxylic acid groups (broad SMARTS) is 1. The van der Waals surface area contributed by atoms with Crippen LogP contribution in [0.2, 0.25) is 10.0 Å². The molecule has 0 heterocycles. The normalized spacial score (nSPS) is 10.8. The third-order valence-electron chi connectivity index (χ3n) is 2.91. The van der Waals surface area contributed by atoms with Gasteiger partial charge in [-0.15, -0.1) is 0 Å². The third kappa shape index (κ3) is 5.26. The van der Waals surface area contributed by atoms with Crippen LogP contribution in [0.1, 0.15) is 23.1 Å². The number of hydrogen-bond acceptors (Lipinski definition) is 4. The first-order valence-electron chi connectivity index (χ1n) is 6.61. The summed E-state index contributed by atoms with van der Waals surface area (Å²) >= 11 is 11.4. The molecule has 0 unspecified atom stereocenters. The van der Waals surface area contributed by atoms with E-state index < -0.39 is 18.0 Å². The van der Waals surface area contributed by atoms with Crippen molar-refractivity contribution in [2.45, 2.75) is 12.0 Å². The Balaban J connectivity index is 0.000000240. The second kappa shape index (κ2) is 9.54. The number of aliphatic hydroxyl groups is 1. The van der Waals surface area contributed by atoms with Crippen LogP contribution in [0.4, 0.5) is 0 Å². The fourth-order valence-corrected chi connectivity index (χ4v) is 2.19. The highest BCUT2D eigenvalue weighted by Crippen LogP contribution is 2.23. The zero-order chi connectivity index (χ0) is 18.1. The van der Waals surface area contributed by atoms with E-state index in [1.165, 1.54) is 12.1 Å². The third-order valence-corrected chi connectivity index (χ3v) is 3.60. The Morgan fingerprint density at radius 1 is 0.917 bits per heavy atom. The monoisotopic (exact) mass is 362 g/mol. The van der Waals surface area contributed by atoms with Gasteiger partial charge in [0.2, 0.25) is 0 Å². The summed E-state index contributed by atoms with van der Waals surface area (Å²) in [5, 5.41) is 35.4. The van der Waals surface area contributed by atoms with Crippen LogP contribution in [-0.4, -0.2) is 16.2 Å². The molecule has 0 aliphatic rings. The van der Waals surface area contributed by atoms with Crippen LogP contribution in [0.5, 0.6) is 0 Å². The number of carboxylic acids is 1. The molecule has 7 heteroatoms. The molecule has 5 nitrogen and oxygen atoms in total. The molecule has 0 saturated carbocycles. The second-order valence-electron chi connectivity index (χ2n) is 4.48. The summed E-state index contributed by atoms with van der Waals surface area (Å²) in [4.78, 5) is 10.3. The number of rotatable bonds is 3. The van der Waals surface area contributed by atoms with Crippen LogP contribution in [0.3, 0.4) is 0 Å². The Bertz CT molecular complexity index is 783. The molecule has 24 heavy (non-hydrogen) atoms. The van der Waals surface area contributed by atoms with E-state index in [0.717, 1.165) is 0 Å². The molecule has 2 aromatic rings. The van der Waals surface area contributed by atoms with E-state index in [9.17, 15) is 4.79 Å². The van der Waals surface area contributed by atoms with Crippen LogP contribution in [0.25, 0.3) is 0 Å². The Kier molecular flexibility index (Phi) is 7.74. The predicted molar refractivity (Wildman–Crippen MR) is 89.5 cm³/mol. The summed E-state index contributed by atoms with van der Waals surface area (Å²) in [5.41, 5.74) is 0.788. The van der Waals surface area contributed by atoms with Crippen LogP contribution >= 0.6 is 23.2 Å². The van der Waals surface area contributed by atoms with Crippen LogP contribution < -0.4 is 0 Å². The van der Waals surface area contributed by atoms with Gasteiger partial charge in [0.25, 0.3) is 0 Å². The molecule has 0 bridgehead atoms. The van der Waals surface area contributed by atoms with Gasteiger partial charge in [-0.25, -0.2) is 4.79 Å². The average Bonchev–Trinajstić information content (AvgIpc) is 2.58. The van der Waals surface area contributed by atoms with Gasteiger partial charge in [-0.3, -0.25) is 0 Å². The van der Waals surface area contributed by atoms with Crippen molar-refractivity contribution in [1.29, 1.82) is 10.5 Å². The Labute approximate surface area is 148 Å². The molecule has 0 radical (unpaired) electrons. The standard InChI is InChI=1S/C9H5ClN2.C8H7ClO3/c10-9-4-2-1-3-8(9)7(5-11)6-12;9-6-4-2-1-3-5(6)7(10)8(11)12/h1-4,7H;1-4,7,10H,(H,11,12)/t;7-/m.1/s1. The zero-order valence-corrected chi connectivity index (χ0v) is 13.7. The predicted octanol–water partition coefficient (Wildman–Crippen LogP) is 3.93. The van der Waals surface area contributed by atoms with Crippen molar-refractivity contribution in [1.82, 2.24) is 0 Å². The highest BCUT2D eigenvalue weighted by molar-refractivity contribution is 6.31. The summed E-state index contributed by atoms with van der Waals surface area (Å²) in [6.07, 6.45) is -1.54. The molecule has 0 fully saturated rings. The van der Waals surface area contributed by atoms with Crippen molar-refractivity contribution in [2.75, 3.05) is 0 Å². The van der Waals surface area contributed by atoms with E-state index in [1.807, 2.05) is 12.1 Å². The maximum atomic E-state index is 10.3. The van der Waals surface area contributed by atoms with Gasteiger partial charge < -0.3 is 10.2 Å². The van der Waals surface area contributed by atoms with E-state index in [2.05, 4.69) is 0 Å².